The van der Waals surface area contributed by atoms with Crippen LogP contribution in [0.3, 0.4) is 0 Å². The summed E-state index contributed by atoms with van der Waals surface area (Å²) in [6.45, 7) is 4.08. The smallest absolute Gasteiger partial charge is 0.264 e. The first-order chi connectivity index (χ1) is 13.0. The van der Waals surface area contributed by atoms with Crippen LogP contribution in [-0.2, 0) is 14.3 Å². The van der Waals surface area contributed by atoms with Gasteiger partial charge < -0.3 is 19.9 Å². The van der Waals surface area contributed by atoms with Crippen LogP contribution in [0.5, 0.6) is 0 Å². The fraction of sp³-hybridized carbons (Fsp3) is 0.611. The van der Waals surface area contributed by atoms with E-state index in [9.17, 15) is 14.4 Å². The molecule has 3 amide bonds. The van der Waals surface area contributed by atoms with Gasteiger partial charge in [-0.3, -0.25) is 19.3 Å². The van der Waals surface area contributed by atoms with Crippen LogP contribution in [0.4, 0.5) is 0 Å². The first kappa shape index (κ1) is 21.3. The van der Waals surface area contributed by atoms with Gasteiger partial charge in [0.1, 0.15) is 0 Å². The first-order valence-electron chi connectivity index (χ1n) is 9.06. The van der Waals surface area contributed by atoms with E-state index in [2.05, 4.69) is 5.32 Å². The molecule has 0 unspecified atom stereocenters. The molecule has 2 heterocycles. The number of rotatable bonds is 9. The highest BCUT2D eigenvalue weighted by Crippen LogP contribution is 2.11. The van der Waals surface area contributed by atoms with Crippen LogP contribution in [-0.4, -0.2) is 99.0 Å². The molecular weight excluding hydrogens is 368 g/mol. The Bertz CT molecular complexity index is 615. The van der Waals surface area contributed by atoms with Crippen molar-refractivity contribution in [3.8, 4) is 0 Å². The van der Waals surface area contributed by atoms with Gasteiger partial charge in [-0.05, 0) is 17.9 Å². The molecule has 0 radical (unpaired) electrons. The fourth-order valence-corrected chi connectivity index (χ4v) is 3.54. The summed E-state index contributed by atoms with van der Waals surface area (Å²) >= 11 is 1.37. The predicted octanol–water partition coefficient (Wildman–Crippen LogP) is 0.117. The quantitative estimate of drug-likeness (QED) is 0.600. The third-order valence-electron chi connectivity index (χ3n) is 4.39. The van der Waals surface area contributed by atoms with E-state index in [0.29, 0.717) is 50.8 Å². The number of methoxy groups -OCH3 is 1. The number of thiophene rings is 1. The molecule has 0 aromatic carbocycles. The number of hydrogen-bond donors (Lipinski definition) is 1. The van der Waals surface area contributed by atoms with E-state index in [4.69, 9.17) is 4.74 Å². The normalized spacial score (nSPS) is 14.8. The van der Waals surface area contributed by atoms with Crippen molar-refractivity contribution in [1.29, 1.82) is 0 Å². The van der Waals surface area contributed by atoms with Gasteiger partial charge in [-0.2, -0.15) is 0 Å². The highest BCUT2D eigenvalue weighted by Gasteiger charge is 2.24. The average molecular weight is 397 g/mol. The van der Waals surface area contributed by atoms with Crippen molar-refractivity contribution in [3.05, 3.63) is 22.4 Å². The second-order valence-corrected chi connectivity index (χ2v) is 7.44. The summed E-state index contributed by atoms with van der Waals surface area (Å²) in [6.07, 6.45) is 0.794. The van der Waals surface area contributed by atoms with Gasteiger partial charge in [0.25, 0.3) is 5.91 Å². The van der Waals surface area contributed by atoms with Gasteiger partial charge in [0.15, 0.2) is 0 Å². The van der Waals surface area contributed by atoms with Gasteiger partial charge >= 0.3 is 0 Å². The number of carbonyl (C=O) groups is 3. The summed E-state index contributed by atoms with van der Waals surface area (Å²) in [5, 5.41) is 4.71. The van der Waals surface area contributed by atoms with Gasteiger partial charge in [0.2, 0.25) is 11.8 Å². The molecule has 0 bridgehead atoms. The fourth-order valence-electron chi connectivity index (χ4n) is 2.82. The van der Waals surface area contributed by atoms with E-state index in [1.54, 1.807) is 25.1 Å². The number of carbonyl (C=O) groups excluding carboxylic acids is 3. The lowest BCUT2D eigenvalue weighted by Crippen LogP contribution is -2.53. The molecule has 27 heavy (non-hydrogen) atoms. The van der Waals surface area contributed by atoms with Crippen LogP contribution in [0.1, 0.15) is 16.1 Å². The van der Waals surface area contributed by atoms with Crippen LogP contribution >= 0.6 is 11.3 Å². The highest BCUT2D eigenvalue weighted by atomic mass is 32.1. The van der Waals surface area contributed by atoms with Crippen molar-refractivity contribution in [2.75, 3.05) is 66.6 Å². The van der Waals surface area contributed by atoms with E-state index in [1.165, 1.54) is 16.2 Å². The Labute approximate surface area is 164 Å². The molecule has 0 aliphatic carbocycles. The standard InChI is InChI=1S/C18H28N4O4S/c1-20(18(25)15-5-3-12-27-15)14-17(24)22-9-7-21(8-10-22)13-16(23)19-6-4-11-26-2/h3,5,12H,4,6-11,13-14H2,1-2H3,(H,19,23). The highest BCUT2D eigenvalue weighted by molar-refractivity contribution is 7.12. The number of nitrogens with zero attached hydrogens (tertiary/aromatic N) is 3. The second kappa shape index (κ2) is 11.0. The Kier molecular flexibility index (Phi) is 8.70. The van der Waals surface area contributed by atoms with Gasteiger partial charge in [0.05, 0.1) is 18.0 Å². The van der Waals surface area contributed by atoms with Gasteiger partial charge in [-0.1, -0.05) is 6.07 Å². The molecule has 9 heteroatoms. The number of likely N-dealkylation sites (N-methyl/N-ethyl adjacent to an activating group) is 1. The maximum atomic E-state index is 12.4. The van der Waals surface area contributed by atoms with Crippen LogP contribution < -0.4 is 5.32 Å². The summed E-state index contributed by atoms with van der Waals surface area (Å²) in [5.74, 6) is -0.208. The zero-order valence-corrected chi connectivity index (χ0v) is 16.8. The van der Waals surface area contributed by atoms with Crippen LogP contribution in [0.2, 0.25) is 0 Å². The van der Waals surface area contributed by atoms with Crippen molar-refractivity contribution in [2.45, 2.75) is 6.42 Å². The average Bonchev–Trinajstić information content (AvgIpc) is 3.20. The van der Waals surface area contributed by atoms with Crippen molar-refractivity contribution in [2.24, 2.45) is 0 Å². The molecule has 1 saturated heterocycles. The molecule has 1 aromatic rings. The lowest BCUT2D eigenvalue weighted by molar-refractivity contribution is -0.133. The maximum absolute atomic E-state index is 12.4. The molecule has 1 aliphatic rings. The molecule has 2 rings (SSSR count). The Balaban J connectivity index is 1.68. The predicted molar refractivity (Wildman–Crippen MR) is 104 cm³/mol. The number of hydrogen-bond acceptors (Lipinski definition) is 6. The number of piperazine rings is 1. The summed E-state index contributed by atoms with van der Waals surface area (Å²) in [7, 11) is 3.28. The largest absolute Gasteiger partial charge is 0.385 e. The van der Waals surface area contributed by atoms with Gasteiger partial charge in [-0.25, -0.2) is 0 Å². The van der Waals surface area contributed by atoms with Gasteiger partial charge in [-0.15, -0.1) is 11.3 Å². The Morgan fingerprint density at radius 1 is 1.26 bits per heavy atom. The summed E-state index contributed by atoms with van der Waals surface area (Å²) in [4.78, 5) is 42.5. The van der Waals surface area contributed by atoms with E-state index in [1.807, 2.05) is 16.3 Å². The van der Waals surface area contributed by atoms with Crippen LogP contribution in [0.15, 0.2) is 17.5 Å². The van der Waals surface area contributed by atoms with Gasteiger partial charge in [0, 0.05) is 53.5 Å². The lowest BCUT2D eigenvalue weighted by Gasteiger charge is -2.35. The molecular formula is C18H28N4O4S. The van der Waals surface area contributed by atoms with E-state index < -0.39 is 0 Å². The monoisotopic (exact) mass is 396 g/mol. The second-order valence-electron chi connectivity index (χ2n) is 6.49. The minimum Gasteiger partial charge on any atom is -0.385 e. The van der Waals surface area contributed by atoms with Crippen LogP contribution in [0, 0.1) is 0 Å². The molecule has 1 N–H and O–H groups in total. The minimum absolute atomic E-state index is 0.00726. The Morgan fingerprint density at radius 3 is 2.63 bits per heavy atom. The molecule has 150 valence electrons. The molecule has 0 saturated carbocycles. The molecule has 1 fully saturated rings. The lowest BCUT2D eigenvalue weighted by atomic mass is 10.3. The Morgan fingerprint density at radius 2 is 2.00 bits per heavy atom. The SMILES string of the molecule is COCCCNC(=O)CN1CCN(C(=O)CN(C)C(=O)c2cccs2)CC1. The molecule has 1 aromatic heterocycles. The van der Waals surface area contributed by atoms with E-state index >= 15 is 0 Å². The van der Waals surface area contributed by atoms with Crippen LogP contribution in [0.25, 0.3) is 0 Å². The molecule has 8 nitrogen and oxygen atoms in total. The minimum atomic E-state index is -0.137. The molecule has 1 aliphatic heterocycles. The third-order valence-corrected chi connectivity index (χ3v) is 5.25. The first-order valence-corrected chi connectivity index (χ1v) is 9.94. The summed E-state index contributed by atoms with van der Waals surface area (Å²) in [6, 6.07) is 3.58. The van der Waals surface area contributed by atoms with Crippen molar-refractivity contribution in [3.63, 3.8) is 0 Å². The van der Waals surface area contributed by atoms with E-state index in [-0.39, 0.29) is 24.3 Å². The number of ether oxygens (including phenoxy) is 1. The van der Waals surface area contributed by atoms with Crippen molar-refractivity contribution >= 4 is 29.1 Å². The van der Waals surface area contributed by atoms with Crippen molar-refractivity contribution < 1.29 is 19.1 Å². The third kappa shape index (κ3) is 6.93. The maximum Gasteiger partial charge on any atom is 0.264 e. The topological polar surface area (TPSA) is 82.2 Å². The number of amides is 3. The molecule has 0 atom stereocenters. The number of nitrogens with one attached hydrogen (secondary N) is 1. The van der Waals surface area contributed by atoms with Crippen molar-refractivity contribution in [1.82, 2.24) is 20.0 Å². The molecule has 0 spiro atoms. The van der Waals surface area contributed by atoms with E-state index in [0.717, 1.165) is 6.42 Å². The summed E-state index contributed by atoms with van der Waals surface area (Å²) < 4.78 is 4.95. The zero-order chi connectivity index (χ0) is 19.6. The Hall–Kier alpha value is -1.97. The summed E-state index contributed by atoms with van der Waals surface area (Å²) in [5.41, 5.74) is 0. The zero-order valence-electron chi connectivity index (χ0n) is 16.0.